The number of nitrogens with two attached hydrogens (primary N) is 2. The van der Waals surface area contributed by atoms with Crippen LogP contribution in [-0.2, 0) is 42.2 Å². The molecule has 17 heteroatoms. The Morgan fingerprint density at radius 1 is 0.791 bits per heavy atom. The molecule has 2 heterocycles. The fourth-order valence-electron chi connectivity index (χ4n) is 8.32. The van der Waals surface area contributed by atoms with Gasteiger partial charge in [0.1, 0.15) is 17.9 Å². The molecule has 2 atom stereocenters. The number of benzene rings is 5. The highest BCUT2D eigenvalue weighted by Gasteiger charge is 2.35. The van der Waals surface area contributed by atoms with Crippen LogP contribution < -0.4 is 27.4 Å². The maximum absolute atomic E-state index is 15.2. The Bertz CT molecular complexity index is 2690. The van der Waals surface area contributed by atoms with Gasteiger partial charge >= 0.3 is 6.03 Å². The largest absolute Gasteiger partial charge is 0.370 e. The van der Waals surface area contributed by atoms with E-state index in [4.69, 9.17) is 34.7 Å². The van der Waals surface area contributed by atoms with Crippen molar-refractivity contribution in [2.75, 3.05) is 25.0 Å². The third-order valence-corrected chi connectivity index (χ3v) is 12.4. The number of hydrogen-bond acceptors (Lipinski definition) is 5. The summed E-state index contributed by atoms with van der Waals surface area (Å²) in [4.78, 5) is 51.5. The zero-order chi connectivity index (χ0) is 47.5. The van der Waals surface area contributed by atoms with Gasteiger partial charge in [0, 0.05) is 65.5 Å². The van der Waals surface area contributed by atoms with Crippen LogP contribution in [0, 0.1) is 17.5 Å². The van der Waals surface area contributed by atoms with Crippen molar-refractivity contribution in [3.63, 3.8) is 0 Å². The lowest BCUT2D eigenvalue weighted by Crippen LogP contribution is -2.56. The maximum Gasteiger partial charge on any atom is 0.319 e. The molecule has 1 saturated heterocycles. The molecule has 350 valence electrons. The van der Waals surface area contributed by atoms with Crippen molar-refractivity contribution in [1.82, 2.24) is 25.0 Å². The molecular weight excluding hydrogens is 903 g/mol. The maximum atomic E-state index is 15.2. The van der Waals surface area contributed by atoms with Gasteiger partial charge in [-0.2, -0.15) is 0 Å². The molecule has 0 radical (unpaired) electrons. The van der Waals surface area contributed by atoms with Gasteiger partial charge in [-0.05, 0) is 110 Å². The Labute approximate surface area is 397 Å². The molecule has 6 aromatic rings. The molecule has 1 aromatic heterocycles. The lowest BCUT2D eigenvalue weighted by Gasteiger charge is -2.34. The molecule has 0 aliphatic carbocycles. The first-order valence-corrected chi connectivity index (χ1v) is 22.8. The first-order chi connectivity index (χ1) is 32.3. The number of aromatic nitrogens is 1. The highest BCUT2D eigenvalue weighted by Crippen LogP contribution is 2.31. The van der Waals surface area contributed by atoms with Crippen molar-refractivity contribution in [1.29, 1.82) is 0 Å². The van der Waals surface area contributed by atoms with Crippen LogP contribution in [0.3, 0.4) is 0 Å². The highest BCUT2D eigenvalue weighted by atomic mass is 35.5. The molecule has 0 saturated carbocycles. The van der Waals surface area contributed by atoms with Crippen LogP contribution in [-0.4, -0.2) is 69.9 Å². The Morgan fingerprint density at radius 2 is 1.51 bits per heavy atom. The second-order valence-electron chi connectivity index (χ2n) is 16.6. The molecule has 67 heavy (non-hydrogen) atoms. The number of nitrogens with one attached hydrogen (secondary N) is 3. The van der Waals surface area contributed by atoms with Crippen molar-refractivity contribution in [2.45, 2.75) is 70.4 Å². The van der Waals surface area contributed by atoms with Crippen LogP contribution in [0.1, 0.15) is 53.5 Å². The molecule has 12 nitrogen and oxygen atoms in total. The number of rotatable bonds is 19. The number of fused-ring (bicyclic) bond motifs is 1. The highest BCUT2D eigenvalue weighted by molar-refractivity contribution is 6.36. The molecule has 0 spiro atoms. The molecule has 7 N–H and O–H groups in total. The van der Waals surface area contributed by atoms with Gasteiger partial charge < -0.3 is 36.9 Å². The summed E-state index contributed by atoms with van der Waals surface area (Å²) in [6, 6.07) is 25.4. The standard InChI is InChI=1S/C50H52Cl2F3N9O3/c51-40-10-6-11-41(52)39(40)31-63-30-35(29-62-22-4-5-23-62)38-19-18-37(26-46(38)63)60-50(67)61-44(25-34-15-20-42(54)43(55)24-34)48(66)64(28-33-8-2-1-3-9-33)45(12-7-21-58-49(56)57)47(65)59-27-32-13-16-36(53)17-14-32/h1-3,6,8-11,13-20,24,26,30,44-45H,4-5,7,12,21-23,25,27-29,31H2,(H,59,65)(H4,56,57,58)(H2,60,61,67)/t44-,45-/m0/s1. The summed E-state index contributed by atoms with van der Waals surface area (Å²) in [6.45, 7) is 3.18. The Balaban J connectivity index is 1.21. The van der Waals surface area contributed by atoms with Crippen molar-refractivity contribution in [3.05, 3.63) is 171 Å². The molecular formula is C50H52Cl2F3N9O3. The van der Waals surface area contributed by atoms with Gasteiger partial charge in [0.25, 0.3) is 0 Å². The molecule has 0 unspecified atom stereocenters. The molecule has 0 bridgehead atoms. The van der Waals surface area contributed by atoms with E-state index in [0.29, 0.717) is 33.4 Å². The third-order valence-electron chi connectivity index (χ3n) is 11.7. The van der Waals surface area contributed by atoms with Crippen LogP contribution in [0.2, 0.25) is 10.0 Å². The number of guanidine groups is 1. The number of anilines is 1. The second-order valence-corrected chi connectivity index (χ2v) is 17.4. The van der Waals surface area contributed by atoms with Crippen molar-refractivity contribution >= 4 is 63.6 Å². The van der Waals surface area contributed by atoms with Crippen LogP contribution in [0.15, 0.2) is 120 Å². The normalized spacial score (nSPS) is 13.5. The van der Waals surface area contributed by atoms with Crippen LogP contribution >= 0.6 is 23.2 Å². The number of aliphatic imine (C=N–C) groups is 1. The molecule has 4 amide bonds. The Morgan fingerprint density at radius 3 is 2.21 bits per heavy atom. The molecule has 1 fully saturated rings. The third kappa shape index (κ3) is 13.1. The average molecular weight is 955 g/mol. The Hall–Kier alpha value is -6.55. The van der Waals surface area contributed by atoms with E-state index in [1.165, 1.54) is 35.2 Å². The summed E-state index contributed by atoms with van der Waals surface area (Å²) in [6.07, 6.45) is 4.44. The first-order valence-electron chi connectivity index (χ1n) is 22.0. The SMILES string of the molecule is NC(N)=NCCC[C@@H](C(=O)NCc1ccc(F)cc1)N(Cc1ccccc1)C(=O)[C@H](Cc1ccc(F)c(F)c1)NC(=O)Nc1ccc2c(CN3CCCC3)cn(Cc3c(Cl)cccc3Cl)c2c1. The molecule has 1 aliphatic rings. The monoisotopic (exact) mass is 953 g/mol. The van der Waals surface area contributed by atoms with E-state index in [1.54, 1.807) is 48.5 Å². The fraction of sp³-hybridized carbons (Fsp3) is 0.280. The number of carbonyl (C=O) groups excluding carboxylic acids is 3. The minimum atomic E-state index is -1.40. The van der Waals surface area contributed by atoms with Gasteiger partial charge in [-0.15, -0.1) is 0 Å². The summed E-state index contributed by atoms with van der Waals surface area (Å²) in [5.41, 5.74) is 15.7. The van der Waals surface area contributed by atoms with E-state index in [2.05, 4.69) is 32.0 Å². The van der Waals surface area contributed by atoms with Crippen LogP contribution in [0.4, 0.5) is 23.7 Å². The number of hydrogen-bond donors (Lipinski definition) is 5. The lowest BCUT2D eigenvalue weighted by atomic mass is 10.0. The number of nitrogens with zero attached hydrogens (tertiary/aromatic N) is 4. The summed E-state index contributed by atoms with van der Waals surface area (Å²) in [5, 5.41) is 10.6. The van der Waals surface area contributed by atoms with E-state index in [0.717, 1.165) is 66.6 Å². The quantitative estimate of drug-likeness (QED) is 0.0311. The summed E-state index contributed by atoms with van der Waals surface area (Å²) in [5.74, 6) is -4.01. The predicted octanol–water partition coefficient (Wildman–Crippen LogP) is 8.51. The van der Waals surface area contributed by atoms with E-state index in [1.807, 2.05) is 22.8 Å². The molecule has 1 aliphatic heterocycles. The summed E-state index contributed by atoms with van der Waals surface area (Å²) in [7, 11) is 0. The van der Waals surface area contributed by atoms with E-state index >= 15 is 4.79 Å². The Kier molecular flexibility index (Phi) is 16.4. The lowest BCUT2D eigenvalue weighted by molar-refractivity contribution is -0.143. The number of halogens is 5. The zero-order valence-corrected chi connectivity index (χ0v) is 38.2. The minimum Gasteiger partial charge on any atom is -0.370 e. The average Bonchev–Trinajstić information content (AvgIpc) is 3.95. The summed E-state index contributed by atoms with van der Waals surface area (Å²) < 4.78 is 44.7. The van der Waals surface area contributed by atoms with Gasteiger partial charge in [-0.3, -0.25) is 19.5 Å². The zero-order valence-electron chi connectivity index (χ0n) is 36.7. The van der Waals surface area contributed by atoms with Gasteiger partial charge in [0.15, 0.2) is 17.6 Å². The number of carbonyl (C=O) groups is 3. The van der Waals surface area contributed by atoms with Gasteiger partial charge in [-0.25, -0.2) is 18.0 Å². The van der Waals surface area contributed by atoms with Crippen LogP contribution in [0.5, 0.6) is 0 Å². The van der Waals surface area contributed by atoms with E-state index in [9.17, 15) is 22.8 Å². The molecule has 5 aromatic carbocycles. The van der Waals surface area contributed by atoms with Crippen molar-refractivity contribution in [2.24, 2.45) is 16.5 Å². The van der Waals surface area contributed by atoms with E-state index < -0.39 is 47.4 Å². The van der Waals surface area contributed by atoms with Crippen molar-refractivity contribution < 1.29 is 27.6 Å². The van der Waals surface area contributed by atoms with Crippen LogP contribution in [0.25, 0.3) is 10.9 Å². The predicted molar refractivity (Wildman–Crippen MR) is 257 cm³/mol. The number of likely N-dealkylation sites (tertiary alicyclic amines) is 1. The number of urea groups is 1. The smallest absolute Gasteiger partial charge is 0.319 e. The van der Waals surface area contributed by atoms with Crippen molar-refractivity contribution in [3.8, 4) is 0 Å². The summed E-state index contributed by atoms with van der Waals surface area (Å²) >= 11 is 13.3. The number of amides is 4. The van der Waals surface area contributed by atoms with Gasteiger partial charge in [0.05, 0.1) is 12.1 Å². The fourth-order valence-corrected chi connectivity index (χ4v) is 8.84. The van der Waals surface area contributed by atoms with Gasteiger partial charge in [-0.1, -0.05) is 83.9 Å². The first kappa shape index (κ1) is 48.4. The van der Waals surface area contributed by atoms with E-state index in [-0.39, 0.29) is 50.4 Å². The molecule has 7 rings (SSSR count). The topological polar surface area (TPSA) is 163 Å². The minimum absolute atomic E-state index is 0.0225. The second kappa shape index (κ2) is 22.8. The van der Waals surface area contributed by atoms with Gasteiger partial charge in [0.2, 0.25) is 11.8 Å².